The Bertz CT molecular complexity index is 481. The first-order valence-corrected chi connectivity index (χ1v) is 7.41. The van der Waals surface area contributed by atoms with Crippen LogP contribution < -0.4 is 10.1 Å². The van der Waals surface area contributed by atoms with Crippen LogP contribution in [0.5, 0.6) is 5.75 Å². The first-order chi connectivity index (χ1) is 9.77. The lowest BCUT2D eigenvalue weighted by atomic mass is 9.82. The number of ether oxygens (including phenoxy) is 1. The van der Waals surface area contributed by atoms with Crippen molar-refractivity contribution in [1.82, 2.24) is 0 Å². The molecule has 118 valence electrons. The Labute approximate surface area is 126 Å². The molecule has 5 heteroatoms. The Morgan fingerprint density at radius 2 is 2.05 bits per heavy atom. The second-order valence-corrected chi connectivity index (χ2v) is 6.41. The van der Waals surface area contributed by atoms with Crippen LogP contribution in [0.15, 0.2) is 18.2 Å². The first-order valence-electron chi connectivity index (χ1n) is 7.41. The number of nitrogens with one attached hydrogen (secondary N) is 1. The molecule has 1 atom stereocenters. The molecule has 1 aromatic rings. The standard InChI is InChI=1S/C16H26N2O3/c1-6-10-21-14-9-7-8-13(15(14)18(19)20)17-11-12(2)16(3,4)5/h7-9,12,17H,6,10-11H2,1-5H3. The molecule has 0 spiro atoms. The van der Waals surface area contributed by atoms with E-state index in [0.717, 1.165) is 6.42 Å². The van der Waals surface area contributed by atoms with Gasteiger partial charge in [-0.3, -0.25) is 10.1 Å². The van der Waals surface area contributed by atoms with Crippen molar-refractivity contribution in [2.75, 3.05) is 18.5 Å². The molecule has 0 radical (unpaired) electrons. The van der Waals surface area contributed by atoms with Crippen LogP contribution in [-0.2, 0) is 0 Å². The zero-order valence-electron chi connectivity index (χ0n) is 13.6. The Kier molecular flexibility index (Phi) is 6.00. The van der Waals surface area contributed by atoms with Gasteiger partial charge in [0.15, 0.2) is 5.75 Å². The van der Waals surface area contributed by atoms with Crippen molar-refractivity contribution >= 4 is 11.4 Å². The molecular formula is C16H26N2O3. The largest absolute Gasteiger partial charge is 0.487 e. The SMILES string of the molecule is CCCOc1cccc(NCC(C)C(C)(C)C)c1[N+](=O)[O-]. The summed E-state index contributed by atoms with van der Waals surface area (Å²) in [4.78, 5) is 11.0. The fourth-order valence-corrected chi connectivity index (χ4v) is 1.75. The maximum absolute atomic E-state index is 11.3. The number of hydrogen-bond acceptors (Lipinski definition) is 4. The number of anilines is 1. The van der Waals surface area contributed by atoms with E-state index in [-0.39, 0.29) is 16.0 Å². The van der Waals surface area contributed by atoms with Crippen LogP contribution in [0.4, 0.5) is 11.4 Å². The van der Waals surface area contributed by atoms with E-state index in [2.05, 4.69) is 33.0 Å². The number of hydrogen-bond donors (Lipinski definition) is 1. The number of nitrogens with zero attached hydrogens (tertiary/aromatic N) is 1. The number of para-hydroxylation sites is 1. The summed E-state index contributed by atoms with van der Waals surface area (Å²) in [7, 11) is 0. The summed E-state index contributed by atoms with van der Waals surface area (Å²) in [5.74, 6) is 0.715. The molecule has 1 unspecified atom stereocenters. The molecule has 0 aliphatic heterocycles. The van der Waals surface area contributed by atoms with Gasteiger partial charge < -0.3 is 10.1 Å². The first kappa shape index (κ1) is 17.3. The third-order valence-electron chi connectivity index (χ3n) is 3.72. The molecule has 0 saturated carbocycles. The van der Waals surface area contributed by atoms with Crippen molar-refractivity contribution in [2.24, 2.45) is 11.3 Å². The molecule has 0 aliphatic carbocycles. The molecular weight excluding hydrogens is 268 g/mol. The smallest absolute Gasteiger partial charge is 0.333 e. The zero-order chi connectivity index (χ0) is 16.0. The lowest BCUT2D eigenvalue weighted by Gasteiger charge is -2.27. The van der Waals surface area contributed by atoms with E-state index in [1.807, 2.05) is 6.92 Å². The summed E-state index contributed by atoms with van der Waals surface area (Å²) in [5.41, 5.74) is 0.690. The minimum atomic E-state index is -0.380. The van der Waals surface area contributed by atoms with E-state index in [4.69, 9.17) is 4.74 Å². The van der Waals surface area contributed by atoms with Crippen LogP contribution in [0.25, 0.3) is 0 Å². The van der Waals surface area contributed by atoms with Gasteiger partial charge in [0.1, 0.15) is 5.69 Å². The minimum Gasteiger partial charge on any atom is -0.487 e. The van der Waals surface area contributed by atoms with Crippen molar-refractivity contribution in [1.29, 1.82) is 0 Å². The molecule has 1 N–H and O–H groups in total. The Hall–Kier alpha value is -1.78. The summed E-state index contributed by atoms with van der Waals surface area (Å²) >= 11 is 0. The number of rotatable bonds is 7. The number of benzene rings is 1. The van der Waals surface area contributed by atoms with E-state index in [0.29, 0.717) is 30.5 Å². The monoisotopic (exact) mass is 294 g/mol. The zero-order valence-corrected chi connectivity index (χ0v) is 13.6. The molecule has 1 aromatic carbocycles. The Balaban J connectivity index is 2.93. The average Bonchev–Trinajstić information content (AvgIpc) is 2.40. The van der Waals surface area contributed by atoms with Crippen molar-refractivity contribution in [3.8, 4) is 5.75 Å². The topological polar surface area (TPSA) is 64.4 Å². The summed E-state index contributed by atoms with van der Waals surface area (Å²) < 4.78 is 5.48. The van der Waals surface area contributed by atoms with Crippen LogP contribution in [-0.4, -0.2) is 18.1 Å². The van der Waals surface area contributed by atoms with Gasteiger partial charge in [0.2, 0.25) is 0 Å². The van der Waals surface area contributed by atoms with E-state index in [1.165, 1.54) is 0 Å². The highest BCUT2D eigenvalue weighted by Gasteiger charge is 2.24. The lowest BCUT2D eigenvalue weighted by Crippen LogP contribution is -2.25. The van der Waals surface area contributed by atoms with Gasteiger partial charge in [0.05, 0.1) is 11.5 Å². The summed E-state index contributed by atoms with van der Waals surface area (Å²) in [5, 5.41) is 14.5. The quantitative estimate of drug-likeness (QED) is 0.595. The molecule has 0 fully saturated rings. The Morgan fingerprint density at radius 1 is 1.38 bits per heavy atom. The molecule has 0 heterocycles. The maximum Gasteiger partial charge on any atom is 0.333 e. The van der Waals surface area contributed by atoms with Gasteiger partial charge in [0, 0.05) is 6.54 Å². The van der Waals surface area contributed by atoms with Crippen molar-refractivity contribution in [3.63, 3.8) is 0 Å². The van der Waals surface area contributed by atoms with Crippen LogP contribution in [0.3, 0.4) is 0 Å². The van der Waals surface area contributed by atoms with Gasteiger partial charge in [-0.1, -0.05) is 40.7 Å². The predicted molar refractivity (Wildman–Crippen MR) is 86.0 cm³/mol. The van der Waals surface area contributed by atoms with Gasteiger partial charge >= 0.3 is 5.69 Å². The summed E-state index contributed by atoms with van der Waals surface area (Å²) in [6.45, 7) is 11.7. The lowest BCUT2D eigenvalue weighted by molar-refractivity contribution is -0.385. The normalized spacial score (nSPS) is 12.8. The van der Waals surface area contributed by atoms with Gasteiger partial charge in [-0.25, -0.2) is 0 Å². The maximum atomic E-state index is 11.3. The number of nitro benzene ring substituents is 1. The number of nitro groups is 1. The second kappa shape index (κ2) is 7.29. The van der Waals surface area contributed by atoms with E-state index >= 15 is 0 Å². The van der Waals surface area contributed by atoms with Gasteiger partial charge in [-0.2, -0.15) is 0 Å². The van der Waals surface area contributed by atoms with E-state index in [1.54, 1.807) is 18.2 Å². The third kappa shape index (κ3) is 4.92. The minimum absolute atomic E-state index is 0.0204. The van der Waals surface area contributed by atoms with Gasteiger partial charge in [0.25, 0.3) is 0 Å². The van der Waals surface area contributed by atoms with E-state index < -0.39 is 0 Å². The van der Waals surface area contributed by atoms with Crippen LogP contribution in [0.2, 0.25) is 0 Å². The van der Waals surface area contributed by atoms with Gasteiger partial charge in [-0.05, 0) is 29.9 Å². The molecule has 1 rings (SSSR count). The average molecular weight is 294 g/mol. The highest BCUT2D eigenvalue weighted by molar-refractivity contribution is 5.68. The predicted octanol–water partition coefficient (Wildman–Crippen LogP) is 4.48. The van der Waals surface area contributed by atoms with Crippen molar-refractivity contribution in [2.45, 2.75) is 41.0 Å². The molecule has 0 amide bonds. The fourth-order valence-electron chi connectivity index (χ4n) is 1.75. The molecule has 0 aliphatic rings. The molecule has 5 nitrogen and oxygen atoms in total. The Morgan fingerprint density at radius 3 is 2.57 bits per heavy atom. The highest BCUT2D eigenvalue weighted by atomic mass is 16.6. The van der Waals surface area contributed by atoms with Crippen LogP contribution >= 0.6 is 0 Å². The fraction of sp³-hybridized carbons (Fsp3) is 0.625. The molecule has 21 heavy (non-hydrogen) atoms. The second-order valence-electron chi connectivity index (χ2n) is 6.41. The van der Waals surface area contributed by atoms with E-state index in [9.17, 15) is 10.1 Å². The summed E-state index contributed by atoms with van der Waals surface area (Å²) in [6, 6.07) is 5.15. The molecule has 0 bridgehead atoms. The van der Waals surface area contributed by atoms with Gasteiger partial charge in [-0.15, -0.1) is 0 Å². The molecule has 0 aromatic heterocycles. The van der Waals surface area contributed by atoms with Crippen LogP contribution in [0, 0.1) is 21.4 Å². The van der Waals surface area contributed by atoms with Crippen molar-refractivity contribution in [3.05, 3.63) is 28.3 Å². The highest BCUT2D eigenvalue weighted by Crippen LogP contribution is 2.35. The summed E-state index contributed by atoms with van der Waals surface area (Å²) in [6.07, 6.45) is 0.815. The third-order valence-corrected chi connectivity index (χ3v) is 3.72. The van der Waals surface area contributed by atoms with Crippen LogP contribution in [0.1, 0.15) is 41.0 Å². The van der Waals surface area contributed by atoms with Crippen molar-refractivity contribution < 1.29 is 9.66 Å². The molecule has 0 saturated heterocycles.